The lowest BCUT2D eigenvalue weighted by atomic mass is 10.1. The zero-order chi connectivity index (χ0) is 14.8. The van der Waals surface area contributed by atoms with Crippen molar-refractivity contribution in [3.05, 3.63) is 35.4 Å². The van der Waals surface area contributed by atoms with Crippen molar-refractivity contribution < 1.29 is 14.7 Å². The Labute approximate surface area is 123 Å². The molecule has 3 rings (SSSR count). The molecule has 1 saturated heterocycles. The number of carbonyl (C=O) groups is 2. The first-order chi connectivity index (χ1) is 10.1. The van der Waals surface area contributed by atoms with Crippen molar-refractivity contribution in [2.45, 2.75) is 12.6 Å². The molecular formula is C15H19N3O3. The van der Waals surface area contributed by atoms with E-state index in [0.29, 0.717) is 31.7 Å². The molecule has 2 unspecified atom stereocenters. The van der Waals surface area contributed by atoms with Crippen LogP contribution in [-0.2, 0) is 11.3 Å². The summed E-state index contributed by atoms with van der Waals surface area (Å²) in [5.74, 6) is -0.237. The zero-order valence-electron chi connectivity index (χ0n) is 11.7. The summed E-state index contributed by atoms with van der Waals surface area (Å²) in [5.41, 5.74) is 1.64. The lowest BCUT2D eigenvalue weighted by molar-refractivity contribution is -0.122. The third-order valence-corrected chi connectivity index (χ3v) is 4.10. The minimum Gasteiger partial charge on any atom is -0.391 e. The summed E-state index contributed by atoms with van der Waals surface area (Å²) in [6.07, 6.45) is -0.414. The number of amides is 2. The molecule has 2 amide bonds. The van der Waals surface area contributed by atoms with E-state index in [1.165, 1.54) is 0 Å². The van der Waals surface area contributed by atoms with Gasteiger partial charge in [0.2, 0.25) is 5.91 Å². The van der Waals surface area contributed by atoms with Gasteiger partial charge in [-0.05, 0) is 11.6 Å². The fourth-order valence-electron chi connectivity index (χ4n) is 2.84. The fraction of sp³-hybridized carbons (Fsp3) is 0.467. The number of nitrogens with zero attached hydrogens (tertiary/aromatic N) is 1. The Kier molecular flexibility index (Phi) is 3.90. The average molecular weight is 289 g/mol. The largest absolute Gasteiger partial charge is 0.391 e. The van der Waals surface area contributed by atoms with Crippen molar-refractivity contribution in [3.63, 3.8) is 0 Å². The number of aliphatic hydroxyl groups is 1. The van der Waals surface area contributed by atoms with Gasteiger partial charge >= 0.3 is 0 Å². The molecule has 2 atom stereocenters. The van der Waals surface area contributed by atoms with Gasteiger partial charge in [0.25, 0.3) is 5.91 Å². The Bertz CT molecular complexity index is 561. The highest BCUT2D eigenvalue weighted by molar-refractivity contribution is 6.00. The van der Waals surface area contributed by atoms with Crippen molar-refractivity contribution in [2.24, 2.45) is 5.92 Å². The standard InChI is InChI=1S/C15H19N3O3/c19-13-7-16-5-11(13)6-17-14(20)9-18-8-10-3-1-2-4-12(10)15(18)21/h1-4,11,13,16,19H,5-9H2,(H,17,20). The summed E-state index contributed by atoms with van der Waals surface area (Å²) >= 11 is 0. The molecule has 1 fully saturated rings. The van der Waals surface area contributed by atoms with Crippen LogP contribution in [-0.4, -0.2) is 54.1 Å². The number of hydrogen-bond acceptors (Lipinski definition) is 4. The van der Waals surface area contributed by atoms with Crippen LogP contribution in [0.15, 0.2) is 24.3 Å². The molecule has 0 spiro atoms. The van der Waals surface area contributed by atoms with Crippen molar-refractivity contribution in [3.8, 4) is 0 Å². The van der Waals surface area contributed by atoms with Crippen molar-refractivity contribution >= 4 is 11.8 Å². The normalized spacial score (nSPS) is 24.2. The maximum atomic E-state index is 12.1. The predicted molar refractivity (Wildman–Crippen MR) is 76.6 cm³/mol. The maximum Gasteiger partial charge on any atom is 0.254 e. The van der Waals surface area contributed by atoms with Gasteiger partial charge in [0.1, 0.15) is 6.54 Å². The number of aliphatic hydroxyl groups excluding tert-OH is 1. The Balaban J connectivity index is 1.51. The number of benzene rings is 1. The molecule has 6 heteroatoms. The van der Waals surface area contributed by atoms with E-state index in [9.17, 15) is 14.7 Å². The molecule has 1 aromatic carbocycles. The summed E-state index contributed by atoms with van der Waals surface area (Å²) in [7, 11) is 0. The summed E-state index contributed by atoms with van der Waals surface area (Å²) in [4.78, 5) is 25.6. The van der Waals surface area contributed by atoms with E-state index < -0.39 is 6.10 Å². The predicted octanol–water partition coefficient (Wildman–Crippen LogP) is -0.661. The molecule has 1 aromatic rings. The summed E-state index contributed by atoms with van der Waals surface area (Å²) in [5, 5.41) is 15.5. The van der Waals surface area contributed by atoms with Gasteiger partial charge < -0.3 is 20.6 Å². The highest BCUT2D eigenvalue weighted by Crippen LogP contribution is 2.21. The van der Waals surface area contributed by atoms with Crippen LogP contribution < -0.4 is 10.6 Å². The molecule has 0 bridgehead atoms. The highest BCUT2D eigenvalue weighted by Gasteiger charge is 2.29. The Morgan fingerprint density at radius 3 is 2.90 bits per heavy atom. The van der Waals surface area contributed by atoms with Gasteiger partial charge in [0.15, 0.2) is 0 Å². The fourth-order valence-corrected chi connectivity index (χ4v) is 2.84. The van der Waals surface area contributed by atoms with Gasteiger partial charge in [-0.3, -0.25) is 9.59 Å². The minimum atomic E-state index is -0.414. The number of rotatable bonds is 4. The third-order valence-electron chi connectivity index (χ3n) is 4.10. The molecule has 6 nitrogen and oxygen atoms in total. The number of β-amino-alcohol motifs (C(OH)–C–C–N with tert-alkyl or cyclic N) is 1. The Morgan fingerprint density at radius 2 is 2.19 bits per heavy atom. The van der Waals surface area contributed by atoms with Gasteiger partial charge in [-0.2, -0.15) is 0 Å². The van der Waals surface area contributed by atoms with Crippen LogP contribution in [0.5, 0.6) is 0 Å². The molecule has 0 saturated carbocycles. The summed E-state index contributed by atoms with van der Waals surface area (Å²) in [6, 6.07) is 7.42. The van der Waals surface area contributed by atoms with Crippen LogP contribution >= 0.6 is 0 Å². The van der Waals surface area contributed by atoms with E-state index in [-0.39, 0.29) is 24.3 Å². The molecule has 0 aliphatic carbocycles. The molecular weight excluding hydrogens is 270 g/mol. The van der Waals surface area contributed by atoms with Gasteiger partial charge in [0, 0.05) is 37.7 Å². The topological polar surface area (TPSA) is 81.7 Å². The van der Waals surface area contributed by atoms with Gasteiger partial charge in [-0.25, -0.2) is 0 Å². The summed E-state index contributed by atoms with van der Waals surface area (Å²) in [6.45, 7) is 2.25. The molecule has 0 aromatic heterocycles. The lowest BCUT2D eigenvalue weighted by Crippen LogP contribution is -2.41. The van der Waals surface area contributed by atoms with E-state index in [4.69, 9.17) is 0 Å². The van der Waals surface area contributed by atoms with Crippen molar-refractivity contribution in [1.82, 2.24) is 15.5 Å². The highest BCUT2D eigenvalue weighted by atomic mass is 16.3. The number of hydrogen-bond donors (Lipinski definition) is 3. The second-order valence-electron chi connectivity index (χ2n) is 5.61. The molecule has 3 N–H and O–H groups in total. The van der Waals surface area contributed by atoms with E-state index in [0.717, 1.165) is 5.56 Å². The van der Waals surface area contributed by atoms with Gasteiger partial charge in [-0.1, -0.05) is 18.2 Å². The van der Waals surface area contributed by atoms with Crippen LogP contribution in [0.1, 0.15) is 15.9 Å². The average Bonchev–Trinajstić information content (AvgIpc) is 3.02. The number of carbonyl (C=O) groups excluding carboxylic acids is 2. The zero-order valence-corrected chi connectivity index (χ0v) is 11.7. The van der Waals surface area contributed by atoms with Crippen molar-refractivity contribution in [2.75, 3.05) is 26.2 Å². The van der Waals surface area contributed by atoms with Crippen LogP contribution in [0.3, 0.4) is 0 Å². The van der Waals surface area contributed by atoms with Gasteiger partial charge in [-0.15, -0.1) is 0 Å². The van der Waals surface area contributed by atoms with Crippen LogP contribution in [0, 0.1) is 5.92 Å². The monoisotopic (exact) mass is 289 g/mol. The van der Waals surface area contributed by atoms with Crippen LogP contribution in [0.25, 0.3) is 0 Å². The summed E-state index contributed by atoms with van der Waals surface area (Å²) < 4.78 is 0. The number of nitrogens with one attached hydrogen (secondary N) is 2. The minimum absolute atomic E-state index is 0.0421. The molecule has 0 radical (unpaired) electrons. The van der Waals surface area contributed by atoms with Gasteiger partial charge in [0.05, 0.1) is 6.10 Å². The van der Waals surface area contributed by atoms with Crippen LogP contribution in [0.4, 0.5) is 0 Å². The van der Waals surface area contributed by atoms with Crippen molar-refractivity contribution in [1.29, 1.82) is 0 Å². The SMILES string of the molecule is O=C(CN1Cc2ccccc2C1=O)NCC1CNCC1O. The second kappa shape index (κ2) is 5.83. The lowest BCUT2D eigenvalue weighted by Gasteiger charge is -2.17. The Hall–Kier alpha value is -1.92. The smallest absolute Gasteiger partial charge is 0.254 e. The molecule has 2 heterocycles. The molecule has 112 valence electrons. The Morgan fingerprint density at radius 1 is 1.38 bits per heavy atom. The first-order valence-corrected chi connectivity index (χ1v) is 7.18. The van der Waals surface area contributed by atoms with E-state index in [1.807, 2.05) is 18.2 Å². The third kappa shape index (κ3) is 2.91. The quantitative estimate of drug-likeness (QED) is 0.687. The van der Waals surface area contributed by atoms with E-state index in [2.05, 4.69) is 10.6 Å². The van der Waals surface area contributed by atoms with Crippen LogP contribution in [0.2, 0.25) is 0 Å². The first-order valence-electron chi connectivity index (χ1n) is 7.18. The first kappa shape index (κ1) is 14.0. The maximum absolute atomic E-state index is 12.1. The molecule has 2 aliphatic heterocycles. The molecule has 2 aliphatic rings. The molecule has 21 heavy (non-hydrogen) atoms. The van der Waals surface area contributed by atoms with E-state index in [1.54, 1.807) is 11.0 Å². The number of fused-ring (bicyclic) bond motifs is 1. The second-order valence-corrected chi connectivity index (χ2v) is 5.61. The van der Waals surface area contributed by atoms with E-state index >= 15 is 0 Å².